The second-order valence-corrected chi connectivity index (χ2v) is 3.32. The van der Waals surface area contributed by atoms with Crippen LogP contribution in [0.2, 0.25) is 0 Å². The first-order valence-electron chi connectivity index (χ1n) is 4.14. The monoisotopic (exact) mass is 152 g/mol. The molecule has 0 aromatic heterocycles. The summed E-state index contributed by atoms with van der Waals surface area (Å²) in [5, 5.41) is 0. The second kappa shape index (κ2) is 2.45. The van der Waals surface area contributed by atoms with Gasteiger partial charge in [0.05, 0.1) is 12.2 Å². The molecule has 1 spiro atoms. The average molecular weight is 152 g/mol. The number of hydrogen-bond acceptors (Lipinski definition) is 2. The Morgan fingerprint density at radius 3 is 2.64 bits per heavy atom. The highest BCUT2D eigenvalue weighted by molar-refractivity contribution is 5.79. The lowest BCUT2D eigenvalue weighted by Crippen LogP contribution is -2.32. The SMILES string of the molecule is O=C1CCC2(C=CCO2)CC1. The fourth-order valence-electron chi connectivity index (χ4n) is 1.79. The topological polar surface area (TPSA) is 26.3 Å². The summed E-state index contributed by atoms with van der Waals surface area (Å²) in [6.45, 7) is 0.730. The van der Waals surface area contributed by atoms with Crippen molar-refractivity contribution in [1.29, 1.82) is 0 Å². The smallest absolute Gasteiger partial charge is 0.133 e. The van der Waals surface area contributed by atoms with Gasteiger partial charge in [-0.25, -0.2) is 0 Å². The summed E-state index contributed by atoms with van der Waals surface area (Å²) in [6, 6.07) is 0. The summed E-state index contributed by atoms with van der Waals surface area (Å²) in [4.78, 5) is 10.9. The number of rotatable bonds is 0. The fraction of sp³-hybridized carbons (Fsp3) is 0.667. The Balaban J connectivity index is 2.05. The van der Waals surface area contributed by atoms with E-state index >= 15 is 0 Å². The summed E-state index contributed by atoms with van der Waals surface area (Å²) in [5.41, 5.74) is -0.0477. The van der Waals surface area contributed by atoms with Crippen LogP contribution in [0.25, 0.3) is 0 Å². The van der Waals surface area contributed by atoms with E-state index in [1.165, 1.54) is 0 Å². The van der Waals surface area contributed by atoms with Crippen LogP contribution in [0.1, 0.15) is 25.7 Å². The predicted molar refractivity (Wildman–Crippen MR) is 41.3 cm³/mol. The molecule has 0 atom stereocenters. The van der Waals surface area contributed by atoms with Crippen molar-refractivity contribution in [3.63, 3.8) is 0 Å². The molecule has 0 N–H and O–H groups in total. The molecule has 11 heavy (non-hydrogen) atoms. The van der Waals surface area contributed by atoms with E-state index in [0.717, 1.165) is 19.4 Å². The normalized spacial score (nSPS) is 28.2. The highest BCUT2D eigenvalue weighted by Crippen LogP contribution is 2.33. The van der Waals surface area contributed by atoms with Crippen LogP contribution < -0.4 is 0 Å². The van der Waals surface area contributed by atoms with Crippen molar-refractivity contribution in [1.82, 2.24) is 0 Å². The number of ether oxygens (including phenoxy) is 1. The van der Waals surface area contributed by atoms with E-state index in [9.17, 15) is 4.79 Å². The highest BCUT2D eigenvalue weighted by Gasteiger charge is 2.34. The quantitative estimate of drug-likeness (QED) is 0.491. The third-order valence-electron chi connectivity index (χ3n) is 2.54. The molecule has 2 aliphatic rings. The Hall–Kier alpha value is -0.630. The molecule has 2 heteroatoms. The standard InChI is InChI=1S/C9H12O2/c10-8-2-5-9(6-3-8)4-1-7-11-9/h1,4H,2-3,5-7H2. The van der Waals surface area contributed by atoms with Crippen molar-refractivity contribution in [2.45, 2.75) is 31.3 Å². The minimum absolute atomic E-state index is 0.0477. The van der Waals surface area contributed by atoms with Crippen molar-refractivity contribution in [2.75, 3.05) is 6.61 Å². The van der Waals surface area contributed by atoms with Gasteiger partial charge in [-0.3, -0.25) is 4.79 Å². The average Bonchev–Trinajstić information content (AvgIpc) is 2.45. The van der Waals surface area contributed by atoms with E-state index in [-0.39, 0.29) is 5.60 Å². The maximum Gasteiger partial charge on any atom is 0.133 e. The Bertz CT molecular complexity index is 196. The zero-order valence-electron chi connectivity index (χ0n) is 6.51. The molecule has 1 heterocycles. The maximum atomic E-state index is 10.9. The first-order valence-corrected chi connectivity index (χ1v) is 4.14. The number of ketones is 1. The maximum absolute atomic E-state index is 10.9. The van der Waals surface area contributed by atoms with E-state index < -0.39 is 0 Å². The molecule has 0 aromatic carbocycles. The summed E-state index contributed by atoms with van der Waals surface area (Å²) in [7, 11) is 0. The van der Waals surface area contributed by atoms with Crippen LogP contribution in [-0.4, -0.2) is 18.0 Å². The molecule has 2 rings (SSSR count). The van der Waals surface area contributed by atoms with Gasteiger partial charge < -0.3 is 4.74 Å². The van der Waals surface area contributed by atoms with Crippen LogP contribution in [-0.2, 0) is 9.53 Å². The molecule has 1 fully saturated rings. The molecule has 1 aliphatic heterocycles. The first-order chi connectivity index (χ1) is 5.31. The molecular weight excluding hydrogens is 140 g/mol. The molecule has 0 amide bonds. The Morgan fingerprint density at radius 1 is 1.36 bits per heavy atom. The lowest BCUT2D eigenvalue weighted by molar-refractivity contribution is -0.124. The van der Waals surface area contributed by atoms with Gasteiger partial charge in [0.2, 0.25) is 0 Å². The molecule has 0 bridgehead atoms. The van der Waals surface area contributed by atoms with E-state index in [0.29, 0.717) is 18.6 Å². The van der Waals surface area contributed by atoms with Gasteiger partial charge in [0.25, 0.3) is 0 Å². The summed E-state index contributed by atoms with van der Waals surface area (Å²) < 4.78 is 5.57. The van der Waals surface area contributed by atoms with E-state index in [1.54, 1.807) is 0 Å². The molecule has 0 radical (unpaired) electrons. The molecule has 1 aliphatic carbocycles. The lowest BCUT2D eigenvalue weighted by Gasteiger charge is -2.30. The van der Waals surface area contributed by atoms with Gasteiger partial charge in [0.1, 0.15) is 5.78 Å². The van der Waals surface area contributed by atoms with Crippen LogP contribution in [0.15, 0.2) is 12.2 Å². The van der Waals surface area contributed by atoms with E-state index in [2.05, 4.69) is 12.2 Å². The van der Waals surface area contributed by atoms with Gasteiger partial charge in [0, 0.05) is 12.8 Å². The Morgan fingerprint density at radius 2 is 2.09 bits per heavy atom. The molecule has 0 unspecified atom stereocenters. The van der Waals surface area contributed by atoms with Crippen LogP contribution in [0.3, 0.4) is 0 Å². The number of carbonyl (C=O) groups excluding carboxylic acids is 1. The van der Waals surface area contributed by atoms with Crippen LogP contribution in [0.4, 0.5) is 0 Å². The van der Waals surface area contributed by atoms with E-state index in [4.69, 9.17) is 4.74 Å². The zero-order chi connectivity index (χ0) is 7.73. The number of hydrogen-bond donors (Lipinski definition) is 0. The molecule has 60 valence electrons. The summed E-state index contributed by atoms with van der Waals surface area (Å²) in [6.07, 6.45) is 7.36. The summed E-state index contributed by atoms with van der Waals surface area (Å²) >= 11 is 0. The molecule has 2 nitrogen and oxygen atoms in total. The number of Topliss-reactive ketones (excluding diaryl/α,β-unsaturated/α-hetero) is 1. The van der Waals surface area contributed by atoms with Gasteiger partial charge >= 0.3 is 0 Å². The second-order valence-electron chi connectivity index (χ2n) is 3.32. The lowest BCUT2D eigenvalue weighted by atomic mass is 9.84. The van der Waals surface area contributed by atoms with Gasteiger partial charge in [-0.2, -0.15) is 0 Å². The van der Waals surface area contributed by atoms with E-state index in [1.807, 2.05) is 0 Å². The zero-order valence-corrected chi connectivity index (χ0v) is 6.51. The van der Waals surface area contributed by atoms with Gasteiger partial charge in [-0.05, 0) is 12.8 Å². The minimum Gasteiger partial charge on any atom is -0.367 e. The number of carbonyl (C=O) groups is 1. The van der Waals surface area contributed by atoms with Crippen LogP contribution in [0, 0.1) is 0 Å². The van der Waals surface area contributed by atoms with Gasteiger partial charge in [0.15, 0.2) is 0 Å². The predicted octanol–water partition coefficient (Wildman–Crippen LogP) is 1.45. The van der Waals surface area contributed by atoms with Crippen molar-refractivity contribution < 1.29 is 9.53 Å². The third-order valence-corrected chi connectivity index (χ3v) is 2.54. The van der Waals surface area contributed by atoms with Crippen molar-refractivity contribution >= 4 is 5.78 Å². The summed E-state index contributed by atoms with van der Waals surface area (Å²) in [5.74, 6) is 0.388. The fourth-order valence-corrected chi connectivity index (χ4v) is 1.79. The Kier molecular flexibility index (Phi) is 1.57. The molecular formula is C9H12O2. The molecule has 0 aromatic rings. The van der Waals surface area contributed by atoms with Gasteiger partial charge in [-0.1, -0.05) is 12.2 Å². The van der Waals surface area contributed by atoms with Gasteiger partial charge in [-0.15, -0.1) is 0 Å². The van der Waals surface area contributed by atoms with Crippen molar-refractivity contribution in [3.05, 3.63) is 12.2 Å². The molecule has 0 saturated heterocycles. The minimum atomic E-state index is -0.0477. The largest absolute Gasteiger partial charge is 0.367 e. The molecule has 1 saturated carbocycles. The van der Waals surface area contributed by atoms with Crippen molar-refractivity contribution in [2.24, 2.45) is 0 Å². The van der Waals surface area contributed by atoms with Crippen LogP contribution in [0.5, 0.6) is 0 Å². The van der Waals surface area contributed by atoms with Crippen LogP contribution >= 0.6 is 0 Å². The highest BCUT2D eigenvalue weighted by atomic mass is 16.5. The van der Waals surface area contributed by atoms with Crippen molar-refractivity contribution in [3.8, 4) is 0 Å². The Labute approximate surface area is 66.2 Å². The first kappa shape index (κ1) is 7.04. The third kappa shape index (κ3) is 1.23.